The van der Waals surface area contributed by atoms with Crippen LogP contribution >= 0.6 is 11.3 Å². The topological polar surface area (TPSA) is 64.2 Å². The first-order valence-electron chi connectivity index (χ1n) is 8.16. The largest absolute Gasteiger partial charge is 0.338 e. The van der Waals surface area contributed by atoms with Crippen molar-refractivity contribution < 1.29 is 9.18 Å². The number of carbonyl (C=O) groups is 1. The van der Waals surface area contributed by atoms with Gasteiger partial charge in [0.2, 0.25) is 0 Å². The zero-order valence-corrected chi connectivity index (χ0v) is 14.9. The van der Waals surface area contributed by atoms with Crippen LogP contribution in [0.2, 0.25) is 0 Å². The van der Waals surface area contributed by atoms with E-state index in [2.05, 4.69) is 4.98 Å². The summed E-state index contributed by atoms with van der Waals surface area (Å²) in [6, 6.07) is 4.51. The molecule has 0 unspecified atom stereocenters. The van der Waals surface area contributed by atoms with E-state index in [1.807, 2.05) is 24.7 Å². The van der Waals surface area contributed by atoms with E-state index in [9.17, 15) is 9.18 Å². The average Bonchev–Trinajstić information content (AvgIpc) is 3.24. The third-order valence-corrected chi connectivity index (χ3v) is 6.18. The molecule has 3 aromatic rings. The lowest BCUT2D eigenvalue weighted by atomic mass is 10.0. The molecule has 5 nitrogen and oxygen atoms in total. The monoisotopic (exact) mass is 358 g/mol. The molecule has 7 heteroatoms. The van der Waals surface area contributed by atoms with E-state index in [1.165, 1.54) is 23.5 Å². The lowest BCUT2D eigenvalue weighted by Crippen LogP contribution is -2.32. The van der Waals surface area contributed by atoms with Crippen molar-refractivity contribution in [1.82, 2.24) is 14.5 Å². The molecular weight excluding hydrogens is 339 g/mol. The number of nitrogens with zero attached hydrogens (tertiary/aromatic N) is 3. The molecule has 0 bridgehead atoms. The highest BCUT2D eigenvalue weighted by molar-refractivity contribution is 7.21. The molecule has 0 radical (unpaired) electrons. The smallest absolute Gasteiger partial charge is 0.264 e. The van der Waals surface area contributed by atoms with E-state index < -0.39 is 0 Å². The van der Waals surface area contributed by atoms with Crippen LogP contribution in [0.25, 0.3) is 10.1 Å². The van der Waals surface area contributed by atoms with Crippen LogP contribution in [0.1, 0.15) is 27.0 Å². The summed E-state index contributed by atoms with van der Waals surface area (Å²) < 4.78 is 16.2. The standard InChI is InChI=1S/C18H19FN4OS/c1-10-12-4-3-11(19)7-15(12)25-16(10)18(24)23-8-13(14(20)9-23)17-21-5-6-22(17)2/h3-7,13-14H,8-9,20H2,1-2H3/t13-,14-/m1/s1. The summed E-state index contributed by atoms with van der Waals surface area (Å²) in [5, 5.41) is 0.930. The summed E-state index contributed by atoms with van der Waals surface area (Å²) in [6.45, 7) is 2.96. The van der Waals surface area contributed by atoms with Crippen molar-refractivity contribution in [2.24, 2.45) is 12.8 Å². The van der Waals surface area contributed by atoms with Crippen LogP contribution in [0, 0.1) is 12.7 Å². The number of likely N-dealkylation sites (tertiary alicyclic amines) is 1. The first-order chi connectivity index (χ1) is 12.0. The zero-order valence-electron chi connectivity index (χ0n) is 14.1. The fourth-order valence-corrected chi connectivity index (χ4v) is 4.75. The van der Waals surface area contributed by atoms with Crippen LogP contribution < -0.4 is 5.73 Å². The Balaban J connectivity index is 1.64. The Morgan fingerprint density at radius 3 is 2.92 bits per heavy atom. The molecule has 0 spiro atoms. The third kappa shape index (κ3) is 2.63. The van der Waals surface area contributed by atoms with Crippen LogP contribution in [0.4, 0.5) is 4.39 Å². The molecule has 1 saturated heterocycles. The fourth-order valence-electron chi connectivity index (χ4n) is 3.55. The van der Waals surface area contributed by atoms with Gasteiger partial charge in [-0.25, -0.2) is 9.37 Å². The zero-order chi connectivity index (χ0) is 17.7. The normalized spacial score (nSPS) is 20.6. The molecule has 1 amide bonds. The van der Waals surface area contributed by atoms with E-state index in [4.69, 9.17) is 5.73 Å². The molecule has 0 aliphatic carbocycles. The molecule has 1 aliphatic rings. The quantitative estimate of drug-likeness (QED) is 0.766. The summed E-state index contributed by atoms with van der Waals surface area (Å²) in [7, 11) is 1.93. The summed E-state index contributed by atoms with van der Waals surface area (Å²) >= 11 is 1.34. The summed E-state index contributed by atoms with van der Waals surface area (Å²) in [5.74, 6) is 0.603. The second-order valence-corrected chi connectivity index (χ2v) is 7.63. The van der Waals surface area contributed by atoms with Crippen molar-refractivity contribution in [3.63, 3.8) is 0 Å². The van der Waals surface area contributed by atoms with E-state index in [0.717, 1.165) is 21.5 Å². The number of imidazole rings is 1. The van der Waals surface area contributed by atoms with Crippen LogP contribution in [-0.4, -0.2) is 39.5 Å². The molecule has 0 saturated carbocycles. The minimum Gasteiger partial charge on any atom is -0.338 e. The number of carbonyl (C=O) groups excluding carboxylic acids is 1. The first-order valence-corrected chi connectivity index (χ1v) is 8.98. The van der Waals surface area contributed by atoms with Gasteiger partial charge in [0.05, 0.1) is 10.8 Å². The number of fused-ring (bicyclic) bond motifs is 1. The van der Waals surface area contributed by atoms with Gasteiger partial charge >= 0.3 is 0 Å². The number of halogens is 1. The van der Waals surface area contributed by atoms with Crippen molar-refractivity contribution in [3.8, 4) is 0 Å². The van der Waals surface area contributed by atoms with Gasteiger partial charge in [0, 0.05) is 43.3 Å². The fraction of sp³-hybridized carbons (Fsp3) is 0.333. The highest BCUT2D eigenvalue weighted by Gasteiger charge is 2.37. The van der Waals surface area contributed by atoms with E-state index >= 15 is 0 Å². The lowest BCUT2D eigenvalue weighted by molar-refractivity contribution is 0.0793. The van der Waals surface area contributed by atoms with Crippen molar-refractivity contribution in [2.75, 3.05) is 13.1 Å². The summed E-state index contributed by atoms with van der Waals surface area (Å²) in [6.07, 6.45) is 3.63. The van der Waals surface area contributed by atoms with Crippen LogP contribution in [0.15, 0.2) is 30.6 Å². The van der Waals surface area contributed by atoms with Gasteiger partial charge < -0.3 is 15.2 Å². The van der Waals surface area contributed by atoms with Crippen LogP contribution in [-0.2, 0) is 7.05 Å². The Kier molecular flexibility index (Phi) is 3.85. The van der Waals surface area contributed by atoms with E-state index in [-0.39, 0.29) is 23.7 Å². The van der Waals surface area contributed by atoms with Crippen molar-refractivity contribution in [2.45, 2.75) is 18.9 Å². The van der Waals surface area contributed by atoms with Crippen molar-refractivity contribution >= 4 is 27.3 Å². The molecule has 25 heavy (non-hydrogen) atoms. The number of rotatable bonds is 2. The maximum Gasteiger partial charge on any atom is 0.264 e. The van der Waals surface area contributed by atoms with Gasteiger partial charge in [-0.3, -0.25) is 4.79 Å². The van der Waals surface area contributed by atoms with Crippen LogP contribution in [0.3, 0.4) is 0 Å². The molecule has 1 aliphatic heterocycles. The number of aromatic nitrogens is 2. The summed E-state index contributed by atoms with van der Waals surface area (Å²) in [4.78, 5) is 19.9. The molecule has 1 fully saturated rings. The minimum atomic E-state index is -0.286. The average molecular weight is 358 g/mol. The Labute approximate surface area is 148 Å². The van der Waals surface area contributed by atoms with E-state index in [0.29, 0.717) is 18.0 Å². The van der Waals surface area contributed by atoms with Gasteiger partial charge in [-0.1, -0.05) is 6.07 Å². The van der Waals surface area contributed by atoms with Gasteiger partial charge in [0.15, 0.2) is 0 Å². The molecule has 2 aromatic heterocycles. The number of aryl methyl sites for hydroxylation is 2. The molecule has 2 atom stereocenters. The number of hydrogen-bond acceptors (Lipinski definition) is 4. The van der Waals surface area contributed by atoms with E-state index in [1.54, 1.807) is 17.2 Å². The minimum absolute atomic E-state index is 0.0241. The number of nitrogens with two attached hydrogens (primary N) is 1. The number of amides is 1. The van der Waals surface area contributed by atoms with Gasteiger partial charge in [-0.05, 0) is 30.0 Å². The maximum absolute atomic E-state index is 13.5. The predicted octanol–water partition coefficient (Wildman–Crippen LogP) is 2.65. The van der Waals surface area contributed by atoms with Gasteiger partial charge in [0.25, 0.3) is 5.91 Å². The second kappa shape index (κ2) is 5.93. The molecule has 130 valence electrons. The third-order valence-electron chi connectivity index (χ3n) is 4.94. The SMILES string of the molecule is Cc1c(C(=O)N2C[C@@H](N)[C@H](c3nccn3C)C2)sc2cc(F)ccc12. The predicted molar refractivity (Wildman–Crippen MR) is 96.3 cm³/mol. The Bertz CT molecular complexity index is 963. The number of hydrogen-bond donors (Lipinski definition) is 1. The Morgan fingerprint density at radius 1 is 1.40 bits per heavy atom. The van der Waals surface area contributed by atoms with Gasteiger partial charge in [-0.15, -0.1) is 11.3 Å². The highest BCUT2D eigenvalue weighted by Crippen LogP contribution is 2.34. The lowest BCUT2D eigenvalue weighted by Gasteiger charge is -2.16. The van der Waals surface area contributed by atoms with Gasteiger partial charge in [0.1, 0.15) is 11.6 Å². The Hall–Kier alpha value is -2.25. The second-order valence-electron chi connectivity index (χ2n) is 6.57. The molecule has 2 N–H and O–H groups in total. The molecule has 3 heterocycles. The first kappa shape index (κ1) is 16.2. The maximum atomic E-state index is 13.5. The molecular formula is C18H19FN4OS. The van der Waals surface area contributed by atoms with Gasteiger partial charge in [-0.2, -0.15) is 0 Å². The Morgan fingerprint density at radius 2 is 2.20 bits per heavy atom. The van der Waals surface area contributed by atoms with Crippen molar-refractivity contribution in [3.05, 3.63) is 52.7 Å². The van der Waals surface area contributed by atoms with Crippen LogP contribution in [0.5, 0.6) is 0 Å². The molecule has 1 aromatic carbocycles. The highest BCUT2D eigenvalue weighted by atomic mass is 32.1. The summed E-state index contributed by atoms with van der Waals surface area (Å²) in [5.41, 5.74) is 7.19. The number of benzene rings is 1. The number of thiophene rings is 1. The molecule has 4 rings (SSSR count). The van der Waals surface area contributed by atoms with Crippen molar-refractivity contribution in [1.29, 1.82) is 0 Å².